The largest absolute Gasteiger partial charge is 0.493 e. The quantitative estimate of drug-likeness (QED) is 0.899. The second-order valence-corrected chi connectivity index (χ2v) is 4.93. The summed E-state index contributed by atoms with van der Waals surface area (Å²) < 4.78 is 43.4. The van der Waals surface area contributed by atoms with Crippen molar-refractivity contribution in [2.75, 3.05) is 6.61 Å². The van der Waals surface area contributed by atoms with E-state index in [4.69, 9.17) is 10.5 Å². The van der Waals surface area contributed by atoms with Crippen molar-refractivity contribution in [3.05, 3.63) is 29.8 Å². The van der Waals surface area contributed by atoms with Gasteiger partial charge in [0.2, 0.25) is 0 Å². The Hall–Kier alpha value is -1.23. The van der Waals surface area contributed by atoms with Gasteiger partial charge in [-0.2, -0.15) is 13.2 Å². The zero-order chi connectivity index (χ0) is 13.4. The van der Waals surface area contributed by atoms with Crippen molar-refractivity contribution in [2.45, 2.75) is 32.0 Å². The maximum atomic E-state index is 12.7. The third kappa shape index (κ3) is 2.61. The molecule has 0 radical (unpaired) electrons. The van der Waals surface area contributed by atoms with E-state index in [1.807, 2.05) is 13.0 Å². The molecule has 1 aromatic rings. The number of alkyl halides is 3. The average Bonchev–Trinajstić information content (AvgIpc) is 3.07. The number of halogens is 3. The molecular weight excluding hydrogens is 243 g/mol. The molecule has 1 unspecified atom stereocenters. The zero-order valence-corrected chi connectivity index (χ0v) is 10.1. The Morgan fingerprint density at radius 3 is 2.56 bits per heavy atom. The molecule has 0 bridgehead atoms. The van der Waals surface area contributed by atoms with E-state index in [2.05, 4.69) is 0 Å². The molecule has 2 nitrogen and oxygen atoms in total. The highest BCUT2D eigenvalue weighted by atomic mass is 19.4. The Labute approximate surface area is 104 Å². The van der Waals surface area contributed by atoms with E-state index in [1.165, 1.54) is 0 Å². The summed E-state index contributed by atoms with van der Waals surface area (Å²) in [5.41, 5.74) is 4.93. The van der Waals surface area contributed by atoms with Crippen LogP contribution in [-0.2, 0) is 0 Å². The second-order valence-electron chi connectivity index (χ2n) is 4.93. The van der Waals surface area contributed by atoms with Crippen molar-refractivity contribution in [1.82, 2.24) is 0 Å². The minimum Gasteiger partial charge on any atom is -0.493 e. The van der Waals surface area contributed by atoms with Crippen LogP contribution in [0.4, 0.5) is 13.2 Å². The fourth-order valence-electron chi connectivity index (χ4n) is 1.77. The lowest BCUT2D eigenvalue weighted by atomic mass is 10.1. The summed E-state index contributed by atoms with van der Waals surface area (Å²) >= 11 is 0. The van der Waals surface area contributed by atoms with Crippen LogP contribution in [0.2, 0.25) is 0 Å². The minimum absolute atomic E-state index is 0.156. The Morgan fingerprint density at radius 2 is 2.06 bits per heavy atom. The van der Waals surface area contributed by atoms with E-state index < -0.39 is 11.6 Å². The molecule has 0 aliphatic heterocycles. The maximum Gasteiger partial charge on any atom is 0.397 e. The van der Waals surface area contributed by atoms with Gasteiger partial charge in [0.1, 0.15) is 17.8 Å². The summed E-state index contributed by atoms with van der Waals surface area (Å²) in [5, 5.41) is 0. The number of nitrogens with two attached hydrogens (primary N) is 1. The molecule has 0 spiro atoms. The normalized spacial score (nSPS) is 19.4. The molecule has 5 heteroatoms. The smallest absolute Gasteiger partial charge is 0.397 e. The van der Waals surface area contributed by atoms with E-state index in [0.717, 1.165) is 5.56 Å². The van der Waals surface area contributed by atoms with Crippen molar-refractivity contribution in [2.24, 2.45) is 11.1 Å². The van der Waals surface area contributed by atoms with Gasteiger partial charge in [0.15, 0.2) is 0 Å². The van der Waals surface area contributed by atoms with Crippen molar-refractivity contribution < 1.29 is 17.9 Å². The van der Waals surface area contributed by atoms with Crippen LogP contribution < -0.4 is 10.5 Å². The molecule has 0 amide bonds. The van der Waals surface area contributed by atoms with E-state index in [-0.39, 0.29) is 25.5 Å². The highest BCUT2D eigenvalue weighted by molar-refractivity contribution is 5.30. The lowest BCUT2D eigenvalue weighted by Crippen LogP contribution is -2.30. The first kappa shape index (κ1) is 13.2. The molecule has 1 saturated carbocycles. The van der Waals surface area contributed by atoms with Gasteiger partial charge in [-0.1, -0.05) is 12.1 Å². The lowest BCUT2D eigenvalue weighted by molar-refractivity contribution is -0.194. The first-order valence-electron chi connectivity index (χ1n) is 5.89. The van der Waals surface area contributed by atoms with Gasteiger partial charge in [0.25, 0.3) is 0 Å². The minimum atomic E-state index is -4.17. The van der Waals surface area contributed by atoms with Crippen LogP contribution in [0.15, 0.2) is 24.3 Å². The number of benzene rings is 1. The van der Waals surface area contributed by atoms with Crippen LogP contribution >= 0.6 is 0 Å². The number of hydrogen-bond donors (Lipinski definition) is 1. The van der Waals surface area contributed by atoms with Crippen LogP contribution in [0.1, 0.15) is 31.4 Å². The molecule has 2 N–H and O–H groups in total. The summed E-state index contributed by atoms with van der Waals surface area (Å²) in [6.45, 7) is 1.51. The molecule has 18 heavy (non-hydrogen) atoms. The van der Waals surface area contributed by atoms with E-state index >= 15 is 0 Å². The van der Waals surface area contributed by atoms with Crippen molar-refractivity contribution >= 4 is 0 Å². The van der Waals surface area contributed by atoms with Gasteiger partial charge in [0, 0.05) is 6.04 Å². The highest BCUT2D eigenvalue weighted by Gasteiger charge is 2.63. The van der Waals surface area contributed by atoms with Crippen LogP contribution in [0.5, 0.6) is 5.75 Å². The predicted octanol–water partition coefficient (Wildman–Crippen LogP) is 3.43. The molecule has 1 aliphatic carbocycles. The maximum absolute atomic E-state index is 12.7. The van der Waals surface area contributed by atoms with Gasteiger partial charge in [-0.15, -0.1) is 0 Å². The third-order valence-electron chi connectivity index (χ3n) is 3.35. The molecule has 0 saturated heterocycles. The first-order chi connectivity index (χ1) is 8.34. The zero-order valence-electron chi connectivity index (χ0n) is 10.1. The molecule has 1 atom stereocenters. The van der Waals surface area contributed by atoms with Crippen LogP contribution in [0, 0.1) is 5.41 Å². The number of hydrogen-bond acceptors (Lipinski definition) is 2. The van der Waals surface area contributed by atoms with E-state index in [1.54, 1.807) is 18.2 Å². The molecule has 1 aliphatic rings. The van der Waals surface area contributed by atoms with Crippen molar-refractivity contribution in [3.63, 3.8) is 0 Å². The fraction of sp³-hybridized carbons (Fsp3) is 0.538. The van der Waals surface area contributed by atoms with Crippen LogP contribution in [0.3, 0.4) is 0 Å². The van der Waals surface area contributed by atoms with Crippen molar-refractivity contribution in [3.8, 4) is 5.75 Å². The monoisotopic (exact) mass is 259 g/mol. The predicted molar refractivity (Wildman–Crippen MR) is 62.3 cm³/mol. The van der Waals surface area contributed by atoms with E-state index in [9.17, 15) is 13.2 Å². The molecular formula is C13H16F3NO. The molecule has 1 aromatic carbocycles. The average molecular weight is 259 g/mol. The molecule has 100 valence electrons. The summed E-state index contributed by atoms with van der Waals surface area (Å²) in [5.74, 6) is 0.445. The van der Waals surface area contributed by atoms with Gasteiger partial charge < -0.3 is 10.5 Å². The summed E-state index contributed by atoms with van der Waals surface area (Å²) in [6, 6.07) is 6.75. The standard InChI is InChI=1S/C13H16F3NO/c1-9(17)10-3-2-4-11(7-10)18-8-12(5-6-12)13(14,15)16/h2-4,7,9H,5-6,8,17H2,1H3. The molecule has 0 aromatic heterocycles. The molecule has 2 rings (SSSR count). The summed E-state index contributed by atoms with van der Waals surface area (Å²) in [4.78, 5) is 0. The Kier molecular flexibility index (Phi) is 3.27. The Bertz CT molecular complexity index is 424. The topological polar surface area (TPSA) is 35.2 Å². The van der Waals surface area contributed by atoms with Gasteiger partial charge in [-0.3, -0.25) is 0 Å². The fourth-order valence-corrected chi connectivity index (χ4v) is 1.77. The SMILES string of the molecule is CC(N)c1cccc(OCC2(C(F)(F)F)CC2)c1. The number of ether oxygens (including phenoxy) is 1. The third-order valence-corrected chi connectivity index (χ3v) is 3.35. The number of rotatable bonds is 4. The van der Waals surface area contributed by atoms with Crippen LogP contribution in [-0.4, -0.2) is 12.8 Å². The lowest BCUT2D eigenvalue weighted by Gasteiger charge is -2.19. The van der Waals surface area contributed by atoms with Gasteiger partial charge in [0.05, 0.1) is 0 Å². The summed E-state index contributed by atoms with van der Waals surface area (Å²) in [6.07, 6.45) is -3.86. The van der Waals surface area contributed by atoms with E-state index in [0.29, 0.717) is 5.75 Å². The second kappa shape index (κ2) is 4.46. The van der Waals surface area contributed by atoms with Crippen molar-refractivity contribution in [1.29, 1.82) is 0 Å². The summed E-state index contributed by atoms with van der Waals surface area (Å²) in [7, 11) is 0. The Balaban J connectivity index is 2.01. The first-order valence-corrected chi connectivity index (χ1v) is 5.89. The van der Waals surface area contributed by atoms with Gasteiger partial charge >= 0.3 is 6.18 Å². The van der Waals surface area contributed by atoms with Crippen LogP contribution in [0.25, 0.3) is 0 Å². The van der Waals surface area contributed by atoms with Gasteiger partial charge in [-0.05, 0) is 37.5 Å². The molecule has 1 fully saturated rings. The Morgan fingerprint density at radius 1 is 1.39 bits per heavy atom. The van der Waals surface area contributed by atoms with Gasteiger partial charge in [-0.25, -0.2) is 0 Å². The highest BCUT2D eigenvalue weighted by Crippen LogP contribution is 2.57. The molecule has 0 heterocycles.